The van der Waals surface area contributed by atoms with Crippen molar-refractivity contribution in [3.05, 3.63) is 90.1 Å². The molecule has 0 fully saturated rings. The Bertz CT molecular complexity index is 1230. The van der Waals surface area contributed by atoms with Crippen molar-refractivity contribution in [2.45, 2.75) is 13.5 Å². The van der Waals surface area contributed by atoms with Gasteiger partial charge in [-0.1, -0.05) is 12.1 Å². The Hall–Kier alpha value is -4.26. The van der Waals surface area contributed by atoms with Crippen molar-refractivity contribution in [2.24, 2.45) is 0 Å². The minimum absolute atomic E-state index is 0.200. The summed E-state index contributed by atoms with van der Waals surface area (Å²) in [7, 11) is 1.58. The molecule has 162 valence electrons. The number of benzene rings is 3. The van der Waals surface area contributed by atoms with Crippen LogP contribution in [0.4, 0.5) is 5.69 Å². The number of anilines is 1. The van der Waals surface area contributed by atoms with Crippen molar-refractivity contribution in [1.29, 1.82) is 0 Å². The Morgan fingerprint density at radius 1 is 0.938 bits per heavy atom. The van der Waals surface area contributed by atoms with Crippen molar-refractivity contribution in [2.75, 3.05) is 12.2 Å². The van der Waals surface area contributed by atoms with E-state index >= 15 is 0 Å². The second-order valence-electron chi connectivity index (χ2n) is 7.17. The molecule has 0 spiro atoms. The second-order valence-corrected chi connectivity index (χ2v) is 7.17. The van der Waals surface area contributed by atoms with Gasteiger partial charge in [-0.25, -0.2) is 0 Å². The number of hydrogen-bond donors (Lipinski definition) is 2. The molecule has 4 rings (SSSR count). The normalized spacial score (nSPS) is 10.6. The van der Waals surface area contributed by atoms with Gasteiger partial charge in [0.1, 0.15) is 5.75 Å². The van der Waals surface area contributed by atoms with Crippen LogP contribution in [0.2, 0.25) is 0 Å². The number of methoxy groups -OCH3 is 1. The summed E-state index contributed by atoms with van der Waals surface area (Å²) in [4.78, 5) is 33.6. The fourth-order valence-corrected chi connectivity index (χ4v) is 3.37. The lowest BCUT2D eigenvalue weighted by Gasteiger charge is -2.21. The molecule has 0 saturated heterocycles. The second kappa shape index (κ2) is 9.26. The number of H-pyrrole nitrogens is 1. The summed E-state index contributed by atoms with van der Waals surface area (Å²) >= 11 is 0. The quantitative estimate of drug-likeness (QED) is 0.425. The zero-order valence-corrected chi connectivity index (χ0v) is 17.8. The van der Waals surface area contributed by atoms with Crippen LogP contribution >= 0.6 is 0 Å². The van der Waals surface area contributed by atoms with Crippen molar-refractivity contribution in [3.63, 3.8) is 0 Å². The number of amides is 2. The Labute approximate surface area is 185 Å². The highest BCUT2D eigenvalue weighted by Gasteiger charge is 2.15. The molecular formula is C25H23N3O4. The molecule has 0 unspecified atom stereocenters. The van der Waals surface area contributed by atoms with Crippen LogP contribution in [0.3, 0.4) is 0 Å². The zero-order valence-electron chi connectivity index (χ0n) is 17.8. The number of hydroxylamine groups is 1. The number of nitrogens with one attached hydrogen (secondary N) is 2. The van der Waals surface area contributed by atoms with E-state index in [1.54, 1.807) is 55.6 Å². The summed E-state index contributed by atoms with van der Waals surface area (Å²) in [6.07, 6.45) is 1.88. The lowest BCUT2D eigenvalue weighted by molar-refractivity contribution is -0.120. The van der Waals surface area contributed by atoms with Crippen LogP contribution in [-0.4, -0.2) is 23.9 Å². The number of hydrogen-bond acceptors (Lipinski definition) is 4. The Balaban J connectivity index is 1.43. The van der Waals surface area contributed by atoms with E-state index < -0.39 is 0 Å². The standard InChI is InChI=1S/C25H23N3O4/c1-17(29)28(32-22-12-10-21(31-2)11-13-22)20-8-6-18(7-9-20)25(30)27-16-19-4-3-5-24-23(19)14-15-26-24/h3-15,26H,16H2,1-2H3,(H,27,30). The highest BCUT2D eigenvalue weighted by molar-refractivity contribution is 5.96. The molecule has 1 heterocycles. The van der Waals surface area contributed by atoms with Crippen LogP contribution in [0.1, 0.15) is 22.8 Å². The molecule has 7 heteroatoms. The van der Waals surface area contributed by atoms with Crippen molar-refractivity contribution < 1.29 is 19.2 Å². The number of fused-ring (bicyclic) bond motifs is 1. The Morgan fingerprint density at radius 2 is 1.66 bits per heavy atom. The number of aromatic amines is 1. The third kappa shape index (κ3) is 4.57. The van der Waals surface area contributed by atoms with Crippen LogP contribution in [0.15, 0.2) is 79.0 Å². The molecule has 0 radical (unpaired) electrons. The predicted octanol–water partition coefficient (Wildman–Crippen LogP) is 4.45. The van der Waals surface area contributed by atoms with Crippen LogP contribution < -0.4 is 20.0 Å². The van der Waals surface area contributed by atoms with Crippen molar-refractivity contribution >= 4 is 28.4 Å². The Morgan fingerprint density at radius 3 is 2.34 bits per heavy atom. The molecule has 7 nitrogen and oxygen atoms in total. The van der Waals surface area contributed by atoms with Gasteiger partial charge >= 0.3 is 0 Å². The lowest BCUT2D eigenvalue weighted by Crippen LogP contribution is -2.32. The maximum absolute atomic E-state index is 12.6. The van der Waals surface area contributed by atoms with Gasteiger partial charge in [0.2, 0.25) is 0 Å². The SMILES string of the molecule is COc1ccc(ON(C(C)=O)c2ccc(C(=O)NCc3cccc4[nH]ccc34)cc2)cc1. The van der Waals surface area contributed by atoms with Crippen LogP contribution in [0.5, 0.6) is 11.5 Å². The maximum Gasteiger partial charge on any atom is 0.256 e. The summed E-state index contributed by atoms with van der Waals surface area (Å²) in [6, 6.07) is 21.5. The van der Waals surface area contributed by atoms with Gasteiger partial charge in [0.25, 0.3) is 11.8 Å². The zero-order chi connectivity index (χ0) is 22.5. The fourth-order valence-electron chi connectivity index (χ4n) is 3.37. The number of rotatable bonds is 7. The summed E-state index contributed by atoms with van der Waals surface area (Å²) in [5.41, 5.74) is 3.07. The first kappa shape index (κ1) is 21.0. The molecule has 0 aliphatic carbocycles. The number of carbonyl (C=O) groups is 2. The molecular weight excluding hydrogens is 406 g/mol. The van der Waals surface area contributed by atoms with Crippen LogP contribution in [0, 0.1) is 0 Å². The van der Waals surface area contributed by atoms with Gasteiger partial charge in [-0.15, -0.1) is 5.06 Å². The van der Waals surface area contributed by atoms with Gasteiger partial charge in [0.15, 0.2) is 5.75 Å². The molecule has 1 aromatic heterocycles. The average Bonchev–Trinajstić information content (AvgIpc) is 3.31. The van der Waals surface area contributed by atoms with Crippen molar-refractivity contribution in [3.8, 4) is 11.5 Å². The molecule has 4 aromatic rings. The third-order valence-electron chi connectivity index (χ3n) is 5.03. The van der Waals surface area contributed by atoms with E-state index in [0.29, 0.717) is 29.3 Å². The van der Waals surface area contributed by atoms with E-state index in [1.165, 1.54) is 12.0 Å². The summed E-state index contributed by atoms with van der Waals surface area (Å²) in [5.74, 6) is 0.684. The minimum atomic E-state index is -0.294. The minimum Gasteiger partial charge on any atom is -0.497 e. The Kier molecular flexibility index (Phi) is 6.07. The van der Waals surface area contributed by atoms with Gasteiger partial charge in [0, 0.05) is 36.1 Å². The van der Waals surface area contributed by atoms with Gasteiger partial charge in [-0.2, -0.15) is 0 Å². The predicted molar refractivity (Wildman–Crippen MR) is 123 cm³/mol. The molecule has 0 bridgehead atoms. The van der Waals surface area contributed by atoms with E-state index in [9.17, 15) is 9.59 Å². The molecule has 0 aliphatic heterocycles. The molecule has 3 aromatic carbocycles. The third-order valence-corrected chi connectivity index (χ3v) is 5.03. The first-order valence-electron chi connectivity index (χ1n) is 10.1. The molecule has 0 aliphatic rings. The number of ether oxygens (including phenoxy) is 1. The molecule has 0 saturated carbocycles. The summed E-state index contributed by atoms with van der Waals surface area (Å²) < 4.78 is 5.13. The number of aromatic nitrogens is 1. The molecule has 0 atom stereocenters. The maximum atomic E-state index is 12.6. The fraction of sp³-hybridized carbons (Fsp3) is 0.120. The van der Waals surface area contributed by atoms with Gasteiger partial charge in [0.05, 0.1) is 12.8 Å². The lowest BCUT2D eigenvalue weighted by atomic mass is 10.1. The smallest absolute Gasteiger partial charge is 0.256 e. The monoisotopic (exact) mass is 429 g/mol. The van der Waals surface area contributed by atoms with Crippen LogP contribution in [-0.2, 0) is 11.3 Å². The summed E-state index contributed by atoms with van der Waals surface area (Å²) in [6.45, 7) is 1.82. The highest BCUT2D eigenvalue weighted by Crippen LogP contribution is 2.22. The van der Waals surface area contributed by atoms with E-state index in [-0.39, 0.29) is 11.8 Å². The topological polar surface area (TPSA) is 83.7 Å². The van der Waals surface area contributed by atoms with E-state index in [0.717, 1.165) is 16.5 Å². The highest BCUT2D eigenvalue weighted by atomic mass is 16.7. The largest absolute Gasteiger partial charge is 0.497 e. The summed E-state index contributed by atoms with van der Waals surface area (Å²) in [5, 5.41) is 5.20. The molecule has 2 N–H and O–H groups in total. The first-order valence-corrected chi connectivity index (χ1v) is 10.1. The number of nitrogens with zero attached hydrogens (tertiary/aromatic N) is 1. The van der Waals surface area contributed by atoms with E-state index in [2.05, 4.69) is 10.3 Å². The molecule has 32 heavy (non-hydrogen) atoms. The van der Waals surface area contributed by atoms with E-state index in [1.807, 2.05) is 30.5 Å². The van der Waals surface area contributed by atoms with Gasteiger partial charge in [-0.3, -0.25) is 9.59 Å². The van der Waals surface area contributed by atoms with Gasteiger partial charge < -0.3 is 19.9 Å². The van der Waals surface area contributed by atoms with Gasteiger partial charge in [-0.05, 0) is 66.2 Å². The number of carbonyl (C=O) groups excluding carboxylic acids is 2. The molecule has 2 amide bonds. The first-order chi connectivity index (χ1) is 15.5. The van der Waals surface area contributed by atoms with E-state index in [4.69, 9.17) is 9.57 Å². The van der Waals surface area contributed by atoms with Crippen molar-refractivity contribution in [1.82, 2.24) is 10.3 Å². The van der Waals surface area contributed by atoms with Crippen LogP contribution in [0.25, 0.3) is 10.9 Å². The average molecular weight is 429 g/mol.